The number of aromatic nitrogens is 1. The first kappa shape index (κ1) is 7.86. The maximum Gasteiger partial charge on any atom is 0.185 e. The fourth-order valence-corrected chi connectivity index (χ4v) is 2.16. The summed E-state index contributed by atoms with van der Waals surface area (Å²) in [5.74, 6) is 0.265. The molecular formula is C8H9BrN2O. The zero-order valence-corrected chi connectivity index (χ0v) is 8.26. The first-order valence-electron chi connectivity index (χ1n) is 3.85. The van der Waals surface area contributed by atoms with Crippen molar-refractivity contribution in [2.45, 2.75) is 6.92 Å². The minimum absolute atomic E-state index is 0.0653. The van der Waals surface area contributed by atoms with Crippen LogP contribution in [0.15, 0.2) is 12.3 Å². The number of hydrogen-bond donors (Lipinski definition) is 1. The third-order valence-corrected chi connectivity index (χ3v) is 2.79. The maximum absolute atomic E-state index is 11.5. The normalized spacial score (nSPS) is 22.7. The van der Waals surface area contributed by atoms with Crippen molar-refractivity contribution in [1.29, 1.82) is 0 Å². The molecule has 0 aromatic carbocycles. The van der Waals surface area contributed by atoms with Crippen molar-refractivity contribution in [3.8, 4) is 0 Å². The van der Waals surface area contributed by atoms with Gasteiger partial charge < -0.3 is 8.91 Å². The largest absolute Gasteiger partial charge is 0.357 e. The highest BCUT2D eigenvalue weighted by molar-refractivity contribution is 9.10. The zero-order valence-electron chi connectivity index (χ0n) is 6.67. The van der Waals surface area contributed by atoms with Crippen LogP contribution in [0.5, 0.6) is 0 Å². The molecule has 1 aromatic rings. The van der Waals surface area contributed by atoms with Crippen molar-refractivity contribution in [2.75, 3.05) is 10.5 Å². The van der Waals surface area contributed by atoms with Crippen LogP contribution in [0.2, 0.25) is 0 Å². The highest BCUT2D eigenvalue weighted by Crippen LogP contribution is 2.30. The van der Waals surface area contributed by atoms with Gasteiger partial charge in [0, 0.05) is 34.8 Å². The Morgan fingerprint density at radius 3 is 3.25 bits per heavy atom. The molecule has 4 heteroatoms. The average Bonchev–Trinajstić information content (AvgIpc) is 2.48. The third kappa shape index (κ3) is 0.982. The molecule has 1 unspecified atom stereocenters. The standard InChI is InChI=1S/C8H9BrN2O/c1-5-4-11(9)6-2-3-10-7(6)8(5)12/h2-3,5,10H,4H2,1H3. The van der Waals surface area contributed by atoms with Gasteiger partial charge in [-0.2, -0.15) is 0 Å². The molecule has 0 saturated heterocycles. The second-order valence-electron chi connectivity index (χ2n) is 3.05. The van der Waals surface area contributed by atoms with E-state index in [1.54, 1.807) is 6.20 Å². The van der Waals surface area contributed by atoms with Crippen LogP contribution in [0, 0.1) is 5.92 Å². The van der Waals surface area contributed by atoms with Crippen molar-refractivity contribution in [3.63, 3.8) is 0 Å². The molecule has 1 atom stereocenters. The highest BCUT2D eigenvalue weighted by atomic mass is 79.9. The molecule has 0 bridgehead atoms. The number of fused-ring (bicyclic) bond motifs is 1. The topological polar surface area (TPSA) is 36.1 Å². The number of nitrogens with zero attached hydrogens (tertiary/aromatic N) is 1. The van der Waals surface area contributed by atoms with Gasteiger partial charge in [-0.3, -0.25) is 4.79 Å². The quantitative estimate of drug-likeness (QED) is 0.690. The molecule has 3 nitrogen and oxygen atoms in total. The van der Waals surface area contributed by atoms with E-state index in [1.807, 2.05) is 16.9 Å². The molecule has 2 rings (SSSR count). The van der Waals surface area contributed by atoms with Gasteiger partial charge in [-0.15, -0.1) is 0 Å². The summed E-state index contributed by atoms with van der Waals surface area (Å²) < 4.78 is 1.92. The number of carbonyl (C=O) groups is 1. The van der Waals surface area contributed by atoms with E-state index >= 15 is 0 Å². The molecule has 0 aliphatic carbocycles. The van der Waals surface area contributed by atoms with Gasteiger partial charge >= 0.3 is 0 Å². The van der Waals surface area contributed by atoms with Gasteiger partial charge in [-0.25, -0.2) is 0 Å². The van der Waals surface area contributed by atoms with Crippen molar-refractivity contribution in [2.24, 2.45) is 5.92 Å². The summed E-state index contributed by atoms with van der Waals surface area (Å²) in [4.78, 5) is 14.5. The molecule has 0 amide bonds. The van der Waals surface area contributed by atoms with E-state index in [4.69, 9.17) is 0 Å². The lowest BCUT2D eigenvalue weighted by Crippen LogP contribution is -2.31. The zero-order chi connectivity index (χ0) is 8.72. The fraction of sp³-hybridized carbons (Fsp3) is 0.375. The third-order valence-electron chi connectivity index (χ3n) is 2.11. The molecule has 0 fully saturated rings. The van der Waals surface area contributed by atoms with E-state index < -0.39 is 0 Å². The maximum atomic E-state index is 11.5. The number of anilines is 1. The number of aromatic amines is 1. The van der Waals surface area contributed by atoms with Crippen molar-refractivity contribution < 1.29 is 4.79 Å². The van der Waals surface area contributed by atoms with Crippen LogP contribution in [-0.4, -0.2) is 17.3 Å². The van der Waals surface area contributed by atoms with Crippen LogP contribution in [0.4, 0.5) is 5.69 Å². The summed E-state index contributed by atoms with van der Waals surface area (Å²) in [6, 6.07) is 1.90. The number of halogens is 1. The number of ketones is 1. The number of Topliss-reactive ketones (excluding diaryl/α,β-unsaturated/α-hetero) is 1. The summed E-state index contributed by atoms with van der Waals surface area (Å²) in [7, 11) is 0. The monoisotopic (exact) mass is 228 g/mol. The second-order valence-corrected chi connectivity index (χ2v) is 3.90. The fourth-order valence-electron chi connectivity index (χ4n) is 1.43. The Balaban J connectivity index is 2.50. The lowest BCUT2D eigenvalue weighted by atomic mass is 10.00. The van der Waals surface area contributed by atoms with E-state index in [0.717, 1.165) is 12.2 Å². The summed E-state index contributed by atoms with van der Waals surface area (Å²) in [6.45, 7) is 2.67. The van der Waals surface area contributed by atoms with Gasteiger partial charge in [-0.05, 0) is 6.07 Å². The van der Waals surface area contributed by atoms with Crippen molar-refractivity contribution in [3.05, 3.63) is 18.0 Å². The molecule has 0 spiro atoms. The van der Waals surface area contributed by atoms with E-state index in [1.165, 1.54) is 0 Å². The predicted molar refractivity (Wildman–Crippen MR) is 50.6 cm³/mol. The molecule has 1 N–H and O–H groups in total. The number of nitrogens with one attached hydrogen (secondary N) is 1. The molecule has 2 heterocycles. The summed E-state index contributed by atoms with van der Waals surface area (Å²) in [5, 5.41) is 0. The minimum atomic E-state index is 0.0653. The van der Waals surface area contributed by atoms with Crippen molar-refractivity contribution >= 4 is 27.6 Å². The summed E-state index contributed by atoms with van der Waals surface area (Å²) in [5.41, 5.74) is 1.66. The van der Waals surface area contributed by atoms with Gasteiger partial charge in [-0.1, -0.05) is 6.92 Å². The van der Waals surface area contributed by atoms with Gasteiger partial charge in [0.15, 0.2) is 5.78 Å². The number of hydrogen-bond acceptors (Lipinski definition) is 2. The summed E-state index contributed by atoms with van der Waals surface area (Å²) in [6.07, 6.45) is 1.79. The lowest BCUT2D eigenvalue weighted by Gasteiger charge is -2.25. The predicted octanol–water partition coefficient (Wildman–Crippen LogP) is 1.96. The molecule has 0 radical (unpaired) electrons. The Bertz CT molecular complexity index is 321. The van der Waals surface area contributed by atoms with Crippen LogP contribution in [0.25, 0.3) is 0 Å². The Kier molecular flexibility index (Phi) is 1.72. The molecular weight excluding hydrogens is 220 g/mol. The Hall–Kier alpha value is -0.770. The molecule has 12 heavy (non-hydrogen) atoms. The summed E-state index contributed by atoms with van der Waals surface area (Å²) >= 11 is 3.40. The molecule has 1 aromatic heterocycles. The number of H-pyrrole nitrogens is 1. The first-order valence-corrected chi connectivity index (χ1v) is 4.56. The lowest BCUT2D eigenvalue weighted by molar-refractivity contribution is 0.0925. The molecule has 1 aliphatic heterocycles. The van der Waals surface area contributed by atoms with Crippen molar-refractivity contribution in [1.82, 2.24) is 4.98 Å². The Morgan fingerprint density at radius 2 is 2.50 bits per heavy atom. The van der Waals surface area contributed by atoms with E-state index in [2.05, 4.69) is 21.1 Å². The van der Waals surface area contributed by atoms with Crippen LogP contribution in [0.1, 0.15) is 17.4 Å². The average molecular weight is 229 g/mol. The van der Waals surface area contributed by atoms with Crippen LogP contribution >= 0.6 is 16.1 Å². The van der Waals surface area contributed by atoms with E-state index in [-0.39, 0.29) is 11.7 Å². The SMILES string of the molecule is CC1CN(Br)c2cc[nH]c2C1=O. The minimum Gasteiger partial charge on any atom is -0.357 e. The Labute approximate surface area is 79.1 Å². The second kappa shape index (κ2) is 2.62. The van der Waals surface area contributed by atoms with Gasteiger partial charge in [0.2, 0.25) is 0 Å². The number of carbonyl (C=O) groups excluding carboxylic acids is 1. The van der Waals surface area contributed by atoms with Gasteiger partial charge in [0.1, 0.15) is 5.69 Å². The smallest absolute Gasteiger partial charge is 0.185 e. The molecule has 0 saturated carbocycles. The van der Waals surface area contributed by atoms with E-state index in [0.29, 0.717) is 5.69 Å². The van der Waals surface area contributed by atoms with Gasteiger partial charge in [0.25, 0.3) is 0 Å². The molecule has 1 aliphatic rings. The highest BCUT2D eigenvalue weighted by Gasteiger charge is 2.28. The number of rotatable bonds is 0. The van der Waals surface area contributed by atoms with Crippen LogP contribution in [-0.2, 0) is 0 Å². The van der Waals surface area contributed by atoms with Crippen LogP contribution < -0.4 is 3.93 Å². The van der Waals surface area contributed by atoms with Crippen LogP contribution in [0.3, 0.4) is 0 Å². The van der Waals surface area contributed by atoms with E-state index in [9.17, 15) is 4.79 Å². The van der Waals surface area contributed by atoms with Gasteiger partial charge in [0.05, 0.1) is 5.69 Å². The molecule has 64 valence electrons. The first-order chi connectivity index (χ1) is 5.70. The Morgan fingerprint density at radius 1 is 1.75 bits per heavy atom.